The second-order valence-electron chi connectivity index (χ2n) is 14.1. The molecule has 0 N–H and O–H groups in total. The number of nitrogens with zero attached hydrogens (tertiary/aromatic N) is 1. The topological polar surface area (TPSA) is 102 Å². The van der Waals surface area contributed by atoms with E-state index >= 15 is 0 Å². The van der Waals surface area contributed by atoms with Gasteiger partial charge in [-0.15, -0.1) is 0 Å². The standard InChI is InChI=1S/C37H50NO5.CH2O2/c1-27(2)24-34(39)42-35(28-14-6-3-7-15-28)43-37(29-16-8-4-9-17-29,30-18-10-5-11-19-30)36(40)41-33-25-31-20-21-32(26-33)38(31)22-12-13-23-38;2-1-3/h4-5,8-11,16-19,27-28,31-33,35H,3,6-7,12-15,20-26H2,1-2H3;1H,(H,2,3)/q+1;/p-1. The second kappa shape index (κ2) is 15.6. The maximum absolute atomic E-state index is 14.9. The van der Waals surface area contributed by atoms with Crippen molar-refractivity contribution >= 4 is 18.4 Å². The lowest BCUT2D eigenvalue weighted by Crippen LogP contribution is -2.60. The van der Waals surface area contributed by atoms with Crippen LogP contribution in [-0.2, 0) is 34.2 Å². The van der Waals surface area contributed by atoms with Gasteiger partial charge >= 0.3 is 11.9 Å². The third-order valence-corrected chi connectivity index (χ3v) is 10.8. The van der Waals surface area contributed by atoms with Crippen LogP contribution in [0.25, 0.3) is 0 Å². The zero-order chi connectivity index (χ0) is 32.6. The summed E-state index contributed by atoms with van der Waals surface area (Å²) in [6.45, 7) is 6.09. The van der Waals surface area contributed by atoms with Crippen molar-refractivity contribution in [3.8, 4) is 0 Å². The SMILES string of the molecule is CC(C)CC(=O)OC(OC(C(=O)OC1CC2CCC(C1)[N+]21CCCC1)(c1ccccc1)c1ccccc1)C1CCCCC1.O=C[O-]. The zero-order valence-electron chi connectivity index (χ0n) is 27.5. The molecule has 4 fully saturated rings. The molecule has 2 bridgehead atoms. The van der Waals surface area contributed by atoms with E-state index in [4.69, 9.17) is 24.1 Å². The first-order chi connectivity index (χ1) is 22.3. The summed E-state index contributed by atoms with van der Waals surface area (Å²) >= 11 is 0. The highest BCUT2D eigenvalue weighted by molar-refractivity contribution is 5.86. The predicted molar refractivity (Wildman–Crippen MR) is 172 cm³/mol. The number of hydrogen-bond acceptors (Lipinski definition) is 7. The Morgan fingerprint density at radius 1 is 0.848 bits per heavy atom. The molecule has 8 heteroatoms. The van der Waals surface area contributed by atoms with E-state index in [1.807, 2.05) is 74.5 Å². The first-order valence-corrected chi connectivity index (χ1v) is 17.4. The minimum absolute atomic E-state index is 0.0227. The highest BCUT2D eigenvalue weighted by Crippen LogP contribution is 2.47. The average molecular weight is 634 g/mol. The second-order valence-corrected chi connectivity index (χ2v) is 14.1. The Morgan fingerprint density at radius 2 is 1.37 bits per heavy atom. The maximum atomic E-state index is 14.9. The molecule has 3 aliphatic heterocycles. The smallest absolute Gasteiger partial charge is 0.348 e. The van der Waals surface area contributed by atoms with Crippen LogP contribution in [0.1, 0.15) is 102 Å². The quantitative estimate of drug-likeness (QED) is 0.144. The van der Waals surface area contributed by atoms with E-state index in [9.17, 15) is 9.59 Å². The summed E-state index contributed by atoms with van der Waals surface area (Å²) in [5, 5.41) is 8.25. The van der Waals surface area contributed by atoms with Crippen molar-refractivity contribution in [2.45, 2.75) is 121 Å². The van der Waals surface area contributed by atoms with Crippen molar-refractivity contribution in [1.29, 1.82) is 0 Å². The van der Waals surface area contributed by atoms with E-state index in [0.29, 0.717) is 29.6 Å². The molecule has 1 spiro atoms. The van der Waals surface area contributed by atoms with Gasteiger partial charge in [0.25, 0.3) is 0 Å². The minimum atomic E-state index is -1.56. The van der Waals surface area contributed by atoms with Crippen LogP contribution in [0.15, 0.2) is 60.7 Å². The van der Waals surface area contributed by atoms with Crippen LogP contribution in [-0.4, -0.2) is 60.5 Å². The van der Waals surface area contributed by atoms with Gasteiger partial charge in [0.05, 0.1) is 25.2 Å². The zero-order valence-corrected chi connectivity index (χ0v) is 27.5. The lowest BCUT2D eigenvalue weighted by atomic mass is 9.84. The number of piperidine rings is 1. The van der Waals surface area contributed by atoms with Crippen molar-refractivity contribution in [1.82, 2.24) is 0 Å². The molecule has 250 valence electrons. The number of hydrogen-bond donors (Lipinski definition) is 0. The van der Waals surface area contributed by atoms with Crippen LogP contribution in [0.5, 0.6) is 0 Å². The Hall–Kier alpha value is -3.23. The molecule has 3 atom stereocenters. The van der Waals surface area contributed by atoms with Gasteiger partial charge in [-0.2, -0.15) is 0 Å². The molecule has 46 heavy (non-hydrogen) atoms. The molecule has 3 unspecified atom stereocenters. The minimum Gasteiger partial charge on any atom is -0.554 e. The monoisotopic (exact) mass is 633 g/mol. The van der Waals surface area contributed by atoms with Gasteiger partial charge in [-0.25, -0.2) is 4.79 Å². The number of carbonyl (C=O) groups excluding carboxylic acids is 3. The number of carboxylic acid groups (broad SMARTS) is 1. The van der Waals surface area contributed by atoms with Crippen LogP contribution >= 0.6 is 0 Å². The Bertz CT molecular complexity index is 1210. The Kier molecular flexibility index (Phi) is 11.5. The van der Waals surface area contributed by atoms with Gasteiger partial charge in [0.15, 0.2) is 0 Å². The molecule has 8 nitrogen and oxygen atoms in total. The molecule has 2 aromatic carbocycles. The van der Waals surface area contributed by atoms with Crippen LogP contribution in [0.2, 0.25) is 0 Å². The predicted octanol–water partition coefficient (Wildman–Crippen LogP) is 5.66. The lowest BCUT2D eigenvalue weighted by Gasteiger charge is -2.47. The van der Waals surface area contributed by atoms with Gasteiger partial charge in [0.2, 0.25) is 11.9 Å². The largest absolute Gasteiger partial charge is 0.554 e. The molecule has 0 amide bonds. The number of quaternary nitrogens is 1. The normalized spacial score (nSPS) is 24.5. The highest BCUT2D eigenvalue weighted by Gasteiger charge is 2.57. The third-order valence-electron chi connectivity index (χ3n) is 10.8. The van der Waals surface area contributed by atoms with E-state index in [1.165, 1.54) is 43.3 Å². The summed E-state index contributed by atoms with van der Waals surface area (Å²) in [4.78, 5) is 36.3. The molecular formula is C38H51NO7. The van der Waals surface area contributed by atoms with Gasteiger partial charge in [-0.05, 0) is 29.9 Å². The molecule has 6 rings (SSSR count). The van der Waals surface area contributed by atoms with Crippen LogP contribution in [0.4, 0.5) is 0 Å². The first-order valence-electron chi connectivity index (χ1n) is 17.4. The van der Waals surface area contributed by atoms with Crippen LogP contribution in [0, 0.1) is 11.8 Å². The lowest BCUT2D eigenvalue weighted by molar-refractivity contribution is -0.956. The summed E-state index contributed by atoms with van der Waals surface area (Å²) in [6.07, 6.45) is 11.3. The average Bonchev–Trinajstić information content (AvgIpc) is 3.60. The van der Waals surface area contributed by atoms with Crippen molar-refractivity contribution in [2.75, 3.05) is 13.1 Å². The molecular weight excluding hydrogens is 582 g/mol. The van der Waals surface area contributed by atoms with Gasteiger partial charge < -0.3 is 28.6 Å². The first kappa shape index (κ1) is 34.1. The molecule has 0 aromatic heterocycles. The van der Waals surface area contributed by atoms with Crippen molar-refractivity contribution < 1.29 is 38.2 Å². The van der Waals surface area contributed by atoms with E-state index < -0.39 is 24.3 Å². The van der Waals surface area contributed by atoms with E-state index in [0.717, 1.165) is 44.9 Å². The summed E-state index contributed by atoms with van der Waals surface area (Å²) < 4.78 is 21.1. The van der Waals surface area contributed by atoms with Gasteiger partial charge in [0, 0.05) is 57.3 Å². The third kappa shape index (κ3) is 7.33. The Labute approximate surface area is 274 Å². The maximum Gasteiger partial charge on any atom is 0.348 e. The van der Waals surface area contributed by atoms with Crippen molar-refractivity contribution in [3.05, 3.63) is 71.8 Å². The Morgan fingerprint density at radius 3 is 1.87 bits per heavy atom. The van der Waals surface area contributed by atoms with E-state index in [1.54, 1.807) is 0 Å². The van der Waals surface area contributed by atoms with Crippen LogP contribution in [0.3, 0.4) is 0 Å². The summed E-state index contributed by atoms with van der Waals surface area (Å²) in [5.41, 5.74) is -0.151. The van der Waals surface area contributed by atoms with Crippen molar-refractivity contribution in [3.63, 3.8) is 0 Å². The van der Waals surface area contributed by atoms with Crippen LogP contribution < -0.4 is 5.11 Å². The van der Waals surface area contributed by atoms with E-state index in [-0.39, 0.29) is 23.9 Å². The molecule has 4 aliphatic rings. The molecule has 1 saturated carbocycles. The number of benzene rings is 2. The fourth-order valence-corrected chi connectivity index (χ4v) is 8.78. The Balaban J connectivity index is 0.00000134. The summed E-state index contributed by atoms with van der Waals surface area (Å²) in [5.74, 6) is -0.488. The number of rotatable bonds is 10. The molecule has 2 aromatic rings. The fraction of sp³-hybridized carbons (Fsp3) is 0.605. The summed E-state index contributed by atoms with van der Waals surface area (Å²) in [7, 11) is 0. The number of carbonyl (C=O) groups is 3. The molecule has 3 saturated heterocycles. The number of esters is 2. The van der Waals surface area contributed by atoms with Gasteiger partial charge in [-0.3, -0.25) is 4.79 Å². The molecule has 0 radical (unpaired) electrons. The highest BCUT2D eigenvalue weighted by atomic mass is 16.7. The summed E-state index contributed by atoms with van der Waals surface area (Å²) in [6, 6.07) is 20.6. The van der Waals surface area contributed by atoms with Crippen molar-refractivity contribution in [2.24, 2.45) is 11.8 Å². The number of ether oxygens (including phenoxy) is 3. The van der Waals surface area contributed by atoms with E-state index in [2.05, 4.69) is 0 Å². The molecule has 1 aliphatic carbocycles. The fourth-order valence-electron chi connectivity index (χ4n) is 8.78. The van der Waals surface area contributed by atoms with Gasteiger partial charge in [-0.1, -0.05) is 93.8 Å². The van der Waals surface area contributed by atoms with Gasteiger partial charge in [0.1, 0.15) is 6.10 Å². The molecule has 3 heterocycles.